The van der Waals surface area contributed by atoms with Crippen LogP contribution in [-0.2, 0) is 24.4 Å². The van der Waals surface area contributed by atoms with Gasteiger partial charge in [0.15, 0.2) is 0 Å². The second-order valence-corrected chi connectivity index (χ2v) is 7.04. The fourth-order valence-corrected chi connectivity index (χ4v) is 3.00. The number of amides is 1. The van der Waals surface area contributed by atoms with Gasteiger partial charge in [-0.05, 0) is 36.8 Å². The molecule has 4 heteroatoms. The zero-order chi connectivity index (χ0) is 18.5. The normalized spacial score (nSPS) is 11.1. The van der Waals surface area contributed by atoms with E-state index in [9.17, 15) is 4.79 Å². The van der Waals surface area contributed by atoms with Gasteiger partial charge in [-0.15, -0.1) is 0 Å². The van der Waals surface area contributed by atoms with Gasteiger partial charge in [0.25, 0.3) is 0 Å². The van der Waals surface area contributed by atoms with Crippen LogP contribution in [0.4, 0.5) is 0 Å². The number of nitrogens with zero attached hydrogens (tertiary/aromatic N) is 2. The average molecular weight is 350 g/mol. The monoisotopic (exact) mass is 350 g/mol. The van der Waals surface area contributed by atoms with Crippen LogP contribution in [-0.4, -0.2) is 15.4 Å². The first-order valence-corrected chi connectivity index (χ1v) is 9.03. The Bertz CT molecular complexity index is 829. The van der Waals surface area contributed by atoms with Crippen LogP contribution >= 0.6 is 0 Å². The maximum atomic E-state index is 12.7. The molecule has 0 bridgehead atoms. The maximum absolute atomic E-state index is 12.7. The number of rotatable bonds is 7. The Hall–Kier alpha value is -2.75. The molecule has 0 radical (unpaired) electrons. The molecule has 1 amide bonds. The molecular formula is C22H26N2O2. The minimum atomic E-state index is -0.0505. The van der Waals surface area contributed by atoms with Gasteiger partial charge in [0.2, 0.25) is 5.91 Å². The summed E-state index contributed by atoms with van der Waals surface area (Å²) in [5.74, 6) is 0.880. The van der Waals surface area contributed by atoms with E-state index in [-0.39, 0.29) is 11.8 Å². The molecule has 136 valence electrons. The minimum Gasteiger partial charge on any atom is -0.467 e. The van der Waals surface area contributed by atoms with Crippen molar-refractivity contribution in [3.63, 3.8) is 0 Å². The summed E-state index contributed by atoms with van der Waals surface area (Å²) in [5, 5.41) is 0. The first-order valence-electron chi connectivity index (χ1n) is 9.03. The summed E-state index contributed by atoms with van der Waals surface area (Å²) in [6.07, 6.45) is 3.72. The van der Waals surface area contributed by atoms with E-state index in [1.165, 1.54) is 11.1 Å². The Kier molecular flexibility index (Phi) is 5.61. The Morgan fingerprint density at radius 2 is 1.85 bits per heavy atom. The molecule has 1 aromatic carbocycles. The smallest absolute Gasteiger partial charge is 0.225 e. The molecule has 4 nitrogen and oxygen atoms in total. The van der Waals surface area contributed by atoms with Crippen molar-refractivity contribution in [2.75, 3.05) is 0 Å². The largest absolute Gasteiger partial charge is 0.467 e. The summed E-state index contributed by atoms with van der Waals surface area (Å²) in [6, 6.07) is 16.4. The highest BCUT2D eigenvalue weighted by Gasteiger charge is 2.20. The number of hydrogen-bond acceptors (Lipinski definition) is 2. The van der Waals surface area contributed by atoms with Gasteiger partial charge in [-0.25, -0.2) is 0 Å². The van der Waals surface area contributed by atoms with Gasteiger partial charge in [-0.3, -0.25) is 4.79 Å². The first-order chi connectivity index (χ1) is 12.5. The molecule has 3 rings (SSSR count). The van der Waals surface area contributed by atoms with Crippen molar-refractivity contribution in [2.24, 2.45) is 5.92 Å². The lowest BCUT2D eigenvalue weighted by molar-refractivity contribution is -0.136. The molecule has 0 saturated carbocycles. The molecule has 0 unspecified atom stereocenters. The Morgan fingerprint density at radius 3 is 2.50 bits per heavy atom. The summed E-state index contributed by atoms with van der Waals surface area (Å²) in [6.45, 7) is 7.81. The zero-order valence-corrected chi connectivity index (χ0v) is 15.7. The van der Waals surface area contributed by atoms with Crippen LogP contribution in [0, 0.1) is 12.8 Å². The third-order valence-corrected chi connectivity index (χ3v) is 4.48. The highest BCUT2D eigenvalue weighted by Crippen LogP contribution is 2.16. The van der Waals surface area contributed by atoms with E-state index in [2.05, 4.69) is 48.0 Å². The number of carbonyl (C=O) groups is 1. The summed E-state index contributed by atoms with van der Waals surface area (Å²) < 4.78 is 7.65. The third-order valence-electron chi connectivity index (χ3n) is 4.48. The molecule has 0 atom stereocenters. The van der Waals surface area contributed by atoms with E-state index in [0.29, 0.717) is 13.1 Å². The van der Waals surface area contributed by atoms with Crippen molar-refractivity contribution in [1.82, 2.24) is 9.47 Å². The predicted molar refractivity (Wildman–Crippen MR) is 103 cm³/mol. The second kappa shape index (κ2) is 8.09. The van der Waals surface area contributed by atoms with E-state index < -0.39 is 0 Å². The summed E-state index contributed by atoms with van der Waals surface area (Å²) in [5.41, 5.74) is 3.63. The lowest BCUT2D eigenvalue weighted by Gasteiger charge is -2.24. The number of carbonyl (C=O) groups excluding carboxylic acids is 1. The summed E-state index contributed by atoms with van der Waals surface area (Å²) in [4.78, 5) is 14.5. The van der Waals surface area contributed by atoms with E-state index in [1.54, 1.807) is 6.26 Å². The van der Waals surface area contributed by atoms with Gasteiger partial charge in [-0.1, -0.05) is 43.7 Å². The Balaban J connectivity index is 1.77. The van der Waals surface area contributed by atoms with Gasteiger partial charge < -0.3 is 13.9 Å². The highest BCUT2D eigenvalue weighted by molar-refractivity contribution is 5.78. The number of aromatic nitrogens is 1. The second-order valence-electron chi connectivity index (χ2n) is 7.04. The molecule has 0 aliphatic carbocycles. The average Bonchev–Trinajstić information content (AvgIpc) is 3.28. The van der Waals surface area contributed by atoms with Crippen LogP contribution in [0.25, 0.3) is 0 Å². The van der Waals surface area contributed by atoms with Crippen molar-refractivity contribution in [2.45, 2.75) is 40.4 Å². The summed E-state index contributed by atoms with van der Waals surface area (Å²) >= 11 is 0. The molecule has 0 aliphatic heterocycles. The Morgan fingerprint density at radius 1 is 1.08 bits per heavy atom. The lowest BCUT2D eigenvalue weighted by atomic mass is 10.1. The number of aryl methyl sites for hydroxylation is 1. The topological polar surface area (TPSA) is 38.4 Å². The lowest BCUT2D eigenvalue weighted by Crippen LogP contribution is -2.34. The van der Waals surface area contributed by atoms with E-state index in [4.69, 9.17) is 4.42 Å². The van der Waals surface area contributed by atoms with Crippen molar-refractivity contribution in [3.8, 4) is 0 Å². The van der Waals surface area contributed by atoms with Crippen LogP contribution < -0.4 is 0 Å². The van der Waals surface area contributed by atoms with Crippen LogP contribution in [0.3, 0.4) is 0 Å². The van der Waals surface area contributed by atoms with E-state index in [0.717, 1.165) is 18.0 Å². The molecule has 0 spiro atoms. The van der Waals surface area contributed by atoms with Crippen LogP contribution in [0.1, 0.15) is 36.4 Å². The molecule has 2 aromatic heterocycles. The van der Waals surface area contributed by atoms with Gasteiger partial charge in [0, 0.05) is 24.4 Å². The standard InChI is InChI=1S/C22H26N2O2/c1-17(2)22(25)24(16-21-7-5-13-26-21)15-20-6-4-12-23(20)14-19-10-8-18(3)9-11-19/h4-13,17H,14-16H2,1-3H3. The fourth-order valence-electron chi connectivity index (χ4n) is 3.00. The van der Waals surface area contributed by atoms with E-state index in [1.807, 2.05) is 36.9 Å². The predicted octanol–water partition coefficient (Wildman–Crippen LogP) is 4.62. The van der Waals surface area contributed by atoms with Crippen molar-refractivity contribution < 1.29 is 9.21 Å². The highest BCUT2D eigenvalue weighted by atomic mass is 16.3. The summed E-state index contributed by atoms with van der Waals surface area (Å²) in [7, 11) is 0. The quantitative estimate of drug-likeness (QED) is 0.623. The SMILES string of the molecule is Cc1ccc(Cn2cccc2CN(Cc2ccco2)C(=O)C(C)C)cc1. The zero-order valence-electron chi connectivity index (χ0n) is 15.7. The fraction of sp³-hybridized carbons (Fsp3) is 0.318. The molecule has 0 N–H and O–H groups in total. The van der Waals surface area contributed by atoms with E-state index >= 15 is 0 Å². The molecule has 26 heavy (non-hydrogen) atoms. The van der Waals surface area contributed by atoms with Crippen molar-refractivity contribution in [3.05, 3.63) is 83.6 Å². The maximum Gasteiger partial charge on any atom is 0.225 e. The number of benzene rings is 1. The molecule has 0 fully saturated rings. The third kappa shape index (κ3) is 4.45. The molecular weight excluding hydrogens is 324 g/mol. The molecule has 0 aliphatic rings. The van der Waals surface area contributed by atoms with Crippen LogP contribution in [0.15, 0.2) is 65.4 Å². The van der Waals surface area contributed by atoms with Gasteiger partial charge in [0.1, 0.15) is 5.76 Å². The van der Waals surface area contributed by atoms with Crippen LogP contribution in [0.5, 0.6) is 0 Å². The van der Waals surface area contributed by atoms with Crippen molar-refractivity contribution >= 4 is 5.91 Å². The first kappa shape index (κ1) is 18.1. The number of furan rings is 1. The van der Waals surface area contributed by atoms with Crippen LogP contribution in [0.2, 0.25) is 0 Å². The number of hydrogen-bond donors (Lipinski definition) is 0. The van der Waals surface area contributed by atoms with Gasteiger partial charge in [-0.2, -0.15) is 0 Å². The Labute approximate surface area is 155 Å². The molecule has 3 aromatic rings. The minimum absolute atomic E-state index is 0.0505. The van der Waals surface area contributed by atoms with Gasteiger partial charge >= 0.3 is 0 Å². The van der Waals surface area contributed by atoms with Crippen molar-refractivity contribution in [1.29, 1.82) is 0 Å². The molecule has 0 saturated heterocycles. The molecule has 2 heterocycles. The van der Waals surface area contributed by atoms with Gasteiger partial charge in [0.05, 0.1) is 19.4 Å².